The van der Waals surface area contributed by atoms with Crippen molar-refractivity contribution in [3.05, 3.63) is 60.7 Å². The third kappa shape index (κ3) is 7.32. The number of hydrogen-bond acceptors (Lipinski definition) is 4. The van der Waals surface area contributed by atoms with Crippen LogP contribution in [0, 0.1) is 0 Å². The number of aliphatic hydroxyl groups is 2. The molecule has 0 bridgehead atoms. The number of para-hydroxylation sites is 2. The molecule has 0 aliphatic rings. The average Bonchev–Trinajstić information content (AvgIpc) is 2.65. The molecule has 0 radical (unpaired) electrons. The van der Waals surface area contributed by atoms with Gasteiger partial charge in [0.25, 0.3) is 0 Å². The summed E-state index contributed by atoms with van der Waals surface area (Å²) in [6.07, 6.45) is -2.00. The van der Waals surface area contributed by atoms with E-state index in [-0.39, 0.29) is 13.1 Å². The Morgan fingerprint density at radius 3 is 1.38 bits per heavy atom. The average molecular weight is 391 g/mol. The van der Waals surface area contributed by atoms with E-state index >= 15 is 0 Å². The smallest absolute Gasteiger partial charge is 0.170 e. The molecule has 0 aliphatic heterocycles. The second-order valence-electron chi connectivity index (χ2n) is 5.54. The van der Waals surface area contributed by atoms with Crippen LogP contribution in [0.25, 0.3) is 0 Å². The van der Waals surface area contributed by atoms with E-state index in [1.807, 2.05) is 60.7 Å². The van der Waals surface area contributed by atoms with Crippen LogP contribution in [0.4, 0.5) is 11.4 Å². The Kier molecular flexibility index (Phi) is 8.23. The van der Waals surface area contributed by atoms with E-state index in [0.29, 0.717) is 10.2 Å². The molecule has 138 valence electrons. The fourth-order valence-corrected chi connectivity index (χ4v) is 2.46. The largest absolute Gasteiger partial charge is 0.389 e. The third-order valence-corrected chi connectivity index (χ3v) is 3.94. The van der Waals surface area contributed by atoms with E-state index in [0.717, 1.165) is 11.4 Å². The third-order valence-electron chi connectivity index (χ3n) is 3.45. The summed E-state index contributed by atoms with van der Waals surface area (Å²) < 4.78 is 0. The lowest BCUT2D eigenvalue weighted by Crippen LogP contribution is -2.46. The van der Waals surface area contributed by atoms with E-state index in [1.165, 1.54) is 0 Å². The molecule has 6 nitrogen and oxygen atoms in total. The molecule has 6 N–H and O–H groups in total. The quantitative estimate of drug-likeness (QED) is 0.398. The van der Waals surface area contributed by atoms with Crippen LogP contribution in [0.5, 0.6) is 0 Å². The van der Waals surface area contributed by atoms with Gasteiger partial charge in [0.2, 0.25) is 0 Å². The van der Waals surface area contributed by atoms with Crippen molar-refractivity contribution in [2.24, 2.45) is 0 Å². The number of thiocarbonyl (C=S) groups is 2. The predicted octanol–water partition coefficient (Wildman–Crippen LogP) is 1.68. The molecule has 0 heterocycles. The van der Waals surface area contributed by atoms with Crippen molar-refractivity contribution in [1.29, 1.82) is 0 Å². The van der Waals surface area contributed by atoms with Crippen LogP contribution < -0.4 is 21.3 Å². The topological polar surface area (TPSA) is 88.6 Å². The fourth-order valence-electron chi connectivity index (χ4n) is 2.06. The maximum absolute atomic E-state index is 10.0. The minimum absolute atomic E-state index is 0.111. The first-order valence-corrected chi connectivity index (χ1v) is 8.92. The molecule has 2 aromatic rings. The molecular formula is C18H22N4O2S2. The molecule has 0 saturated heterocycles. The molecule has 2 aromatic carbocycles. The highest BCUT2D eigenvalue weighted by atomic mass is 32.1. The van der Waals surface area contributed by atoms with Gasteiger partial charge in [-0.1, -0.05) is 36.4 Å². The Morgan fingerprint density at radius 2 is 1.04 bits per heavy atom. The molecule has 2 rings (SSSR count). The highest BCUT2D eigenvalue weighted by Gasteiger charge is 2.16. The maximum atomic E-state index is 10.0. The minimum atomic E-state index is -1.00. The van der Waals surface area contributed by atoms with Crippen molar-refractivity contribution in [1.82, 2.24) is 10.6 Å². The number of aliphatic hydroxyl groups excluding tert-OH is 2. The summed E-state index contributed by atoms with van der Waals surface area (Å²) >= 11 is 10.3. The molecule has 2 atom stereocenters. The predicted molar refractivity (Wildman–Crippen MR) is 113 cm³/mol. The van der Waals surface area contributed by atoms with Gasteiger partial charge >= 0.3 is 0 Å². The Hall–Kier alpha value is -2.26. The van der Waals surface area contributed by atoms with Crippen molar-refractivity contribution >= 4 is 46.0 Å². The van der Waals surface area contributed by atoms with E-state index < -0.39 is 12.2 Å². The molecule has 0 spiro atoms. The van der Waals surface area contributed by atoms with Gasteiger partial charge in [-0.3, -0.25) is 0 Å². The van der Waals surface area contributed by atoms with Crippen molar-refractivity contribution in [3.8, 4) is 0 Å². The van der Waals surface area contributed by atoms with Crippen LogP contribution in [0.2, 0.25) is 0 Å². The van der Waals surface area contributed by atoms with Crippen LogP contribution in [-0.2, 0) is 0 Å². The zero-order valence-corrected chi connectivity index (χ0v) is 15.7. The van der Waals surface area contributed by atoms with Gasteiger partial charge < -0.3 is 31.5 Å². The molecule has 2 unspecified atom stereocenters. The van der Waals surface area contributed by atoms with Gasteiger partial charge in [0.05, 0.1) is 12.2 Å². The monoisotopic (exact) mass is 390 g/mol. The van der Waals surface area contributed by atoms with Crippen LogP contribution >= 0.6 is 24.4 Å². The SMILES string of the molecule is OC(CNC(=S)Nc1ccccc1)C(O)CNC(=S)Nc1ccccc1. The molecule has 0 aromatic heterocycles. The molecule has 0 aliphatic carbocycles. The number of benzene rings is 2. The second-order valence-corrected chi connectivity index (χ2v) is 6.35. The number of rotatable bonds is 7. The highest BCUT2D eigenvalue weighted by molar-refractivity contribution is 7.80. The number of hydrogen-bond donors (Lipinski definition) is 6. The standard InChI is InChI=1S/C18H22N4O2S2/c23-15(11-19-17(25)21-13-7-3-1-4-8-13)16(24)12-20-18(26)22-14-9-5-2-6-10-14/h1-10,15-16,23-24H,11-12H2,(H2,19,21,25)(H2,20,22,26). The van der Waals surface area contributed by atoms with Gasteiger partial charge in [0, 0.05) is 24.5 Å². The second kappa shape index (κ2) is 10.7. The first-order chi connectivity index (χ1) is 12.5. The first kappa shape index (κ1) is 20.1. The van der Waals surface area contributed by atoms with Crippen LogP contribution in [0.15, 0.2) is 60.7 Å². The van der Waals surface area contributed by atoms with E-state index in [9.17, 15) is 10.2 Å². The summed E-state index contributed by atoms with van der Waals surface area (Å²) in [5, 5.41) is 32.5. The van der Waals surface area contributed by atoms with E-state index in [2.05, 4.69) is 21.3 Å². The van der Waals surface area contributed by atoms with Crippen molar-refractivity contribution < 1.29 is 10.2 Å². The number of nitrogens with one attached hydrogen (secondary N) is 4. The normalized spacial score (nSPS) is 12.5. The maximum Gasteiger partial charge on any atom is 0.170 e. The van der Waals surface area contributed by atoms with Crippen LogP contribution in [0.1, 0.15) is 0 Å². The zero-order chi connectivity index (χ0) is 18.8. The fraction of sp³-hybridized carbons (Fsp3) is 0.222. The van der Waals surface area contributed by atoms with Gasteiger partial charge in [-0.05, 0) is 48.7 Å². The summed E-state index contributed by atoms with van der Waals surface area (Å²) in [6.45, 7) is 0.223. The van der Waals surface area contributed by atoms with Crippen molar-refractivity contribution in [2.45, 2.75) is 12.2 Å². The first-order valence-electron chi connectivity index (χ1n) is 8.10. The number of anilines is 2. The van der Waals surface area contributed by atoms with E-state index in [1.54, 1.807) is 0 Å². The zero-order valence-electron chi connectivity index (χ0n) is 14.1. The summed E-state index contributed by atoms with van der Waals surface area (Å²) in [5.74, 6) is 0. The minimum Gasteiger partial charge on any atom is -0.389 e. The Labute approximate surface area is 163 Å². The Morgan fingerprint density at radius 1 is 0.692 bits per heavy atom. The molecule has 0 amide bonds. The van der Waals surface area contributed by atoms with Crippen LogP contribution in [0.3, 0.4) is 0 Å². The molecule has 8 heteroatoms. The summed E-state index contributed by atoms with van der Waals surface area (Å²) in [4.78, 5) is 0. The van der Waals surface area contributed by atoms with Gasteiger partial charge in [0.1, 0.15) is 0 Å². The molecule has 26 heavy (non-hydrogen) atoms. The summed E-state index contributed by atoms with van der Waals surface area (Å²) in [5.41, 5.74) is 1.69. The molecule has 0 fully saturated rings. The highest BCUT2D eigenvalue weighted by Crippen LogP contribution is 2.05. The van der Waals surface area contributed by atoms with Crippen molar-refractivity contribution in [2.75, 3.05) is 23.7 Å². The summed E-state index contributed by atoms with van der Waals surface area (Å²) in [7, 11) is 0. The molecule has 0 saturated carbocycles. The summed E-state index contributed by atoms with van der Waals surface area (Å²) in [6, 6.07) is 18.9. The Balaban J connectivity index is 1.66. The molecular weight excluding hydrogens is 368 g/mol. The van der Waals surface area contributed by atoms with E-state index in [4.69, 9.17) is 24.4 Å². The lowest BCUT2D eigenvalue weighted by Gasteiger charge is -2.20. The Bertz CT molecular complexity index is 639. The van der Waals surface area contributed by atoms with Crippen molar-refractivity contribution in [3.63, 3.8) is 0 Å². The van der Waals surface area contributed by atoms with Gasteiger partial charge in [0.15, 0.2) is 10.2 Å². The lowest BCUT2D eigenvalue weighted by molar-refractivity contribution is 0.0262. The van der Waals surface area contributed by atoms with Crippen LogP contribution in [-0.4, -0.2) is 45.7 Å². The van der Waals surface area contributed by atoms with Gasteiger partial charge in [-0.2, -0.15) is 0 Å². The lowest BCUT2D eigenvalue weighted by atomic mass is 10.2. The van der Waals surface area contributed by atoms with Gasteiger partial charge in [-0.15, -0.1) is 0 Å². The van der Waals surface area contributed by atoms with Gasteiger partial charge in [-0.25, -0.2) is 0 Å².